The number of nitrogens with two attached hydrogens (primary N) is 1. The van der Waals surface area contributed by atoms with Crippen molar-refractivity contribution >= 4 is 0 Å². The molecule has 1 aromatic heterocycles. The second-order valence-corrected chi connectivity index (χ2v) is 3.76. The SMILES string of the molecule is CCOC(c1nnnn1CCN)C1CC1. The summed E-state index contributed by atoms with van der Waals surface area (Å²) in [5.41, 5.74) is 5.50. The Balaban J connectivity index is 2.12. The lowest BCUT2D eigenvalue weighted by atomic mass is 10.2. The standard InChI is InChI=1S/C9H17N5O/c1-2-15-8(7-3-4-7)9-11-12-13-14(9)6-5-10/h7-8H,2-6,10H2,1H3. The summed E-state index contributed by atoms with van der Waals surface area (Å²) < 4.78 is 7.44. The van der Waals surface area contributed by atoms with Crippen LogP contribution in [0.2, 0.25) is 0 Å². The summed E-state index contributed by atoms with van der Waals surface area (Å²) in [7, 11) is 0. The van der Waals surface area contributed by atoms with Gasteiger partial charge in [-0.2, -0.15) is 0 Å². The van der Waals surface area contributed by atoms with E-state index in [4.69, 9.17) is 10.5 Å². The van der Waals surface area contributed by atoms with Crippen molar-refractivity contribution in [3.05, 3.63) is 5.82 Å². The molecule has 1 atom stereocenters. The molecule has 2 rings (SSSR count). The summed E-state index contributed by atoms with van der Waals surface area (Å²) >= 11 is 0. The van der Waals surface area contributed by atoms with Gasteiger partial charge in [-0.15, -0.1) is 5.10 Å². The molecule has 0 amide bonds. The first-order chi connectivity index (χ1) is 7.36. The van der Waals surface area contributed by atoms with Gasteiger partial charge in [-0.3, -0.25) is 0 Å². The van der Waals surface area contributed by atoms with Crippen LogP contribution in [0.25, 0.3) is 0 Å². The van der Waals surface area contributed by atoms with E-state index < -0.39 is 0 Å². The summed E-state index contributed by atoms with van der Waals surface area (Å²) in [5, 5.41) is 11.6. The van der Waals surface area contributed by atoms with Gasteiger partial charge in [-0.1, -0.05) is 0 Å². The molecule has 0 bridgehead atoms. The van der Waals surface area contributed by atoms with Gasteiger partial charge >= 0.3 is 0 Å². The molecule has 1 unspecified atom stereocenters. The quantitative estimate of drug-likeness (QED) is 0.723. The summed E-state index contributed by atoms with van der Waals surface area (Å²) in [5.74, 6) is 1.41. The average Bonchev–Trinajstić information content (AvgIpc) is 2.97. The molecular formula is C9H17N5O. The van der Waals surface area contributed by atoms with Gasteiger partial charge in [0, 0.05) is 13.2 Å². The van der Waals surface area contributed by atoms with E-state index >= 15 is 0 Å². The number of rotatable bonds is 6. The molecule has 84 valence electrons. The van der Waals surface area contributed by atoms with Gasteiger partial charge < -0.3 is 10.5 Å². The summed E-state index contributed by atoms with van der Waals surface area (Å²) in [6.07, 6.45) is 2.47. The molecule has 0 spiro atoms. The monoisotopic (exact) mass is 211 g/mol. The molecular weight excluding hydrogens is 194 g/mol. The molecule has 0 radical (unpaired) electrons. The maximum atomic E-state index is 5.69. The molecule has 1 saturated carbocycles. The Bertz CT molecular complexity index is 309. The Morgan fingerprint density at radius 2 is 2.40 bits per heavy atom. The largest absolute Gasteiger partial charge is 0.370 e. The van der Waals surface area contributed by atoms with Gasteiger partial charge in [-0.25, -0.2) is 4.68 Å². The minimum atomic E-state index is 0.0524. The van der Waals surface area contributed by atoms with Gasteiger partial charge in [0.25, 0.3) is 0 Å². The fourth-order valence-electron chi connectivity index (χ4n) is 1.70. The molecule has 0 aromatic carbocycles. The van der Waals surface area contributed by atoms with E-state index in [1.54, 1.807) is 4.68 Å². The van der Waals surface area contributed by atoms with Crippen molar-refractivity contribution in [3.63, 3.8) is 0 Å². The minimum Gasteiger partial charge on any atom is -0.370 e. The fourth-order valence-corrected chi connectivity index (χ4v) is 1.70. The van der Waals surface area contributed by atoms with Crippen LogP contribution in [0, 0.1) is 5.92 Å². The van der Waals surface area contributed by atoms with Crippen molar-refractivity contribution in [2.24, 2.45) is 11.7 Å². The zero-order valence-corrected chi connectivity index (χ0v) is 8.96. The van der Waals surface area contributed by atoms with Crippen LogP contribution < -0.4 is 5.73 Å². The van der Waals surface area contributed by atoms with Gasteiger partial charge in [0.15, 0.2) is 5.82 Å². The molecule has 2 N–H and O–H groups in total. The fraction of sp³-hybridized carbons (Fsp3) is 0.889. The Kier molecular flexibility index (Phi) is 3.27. The van der Waals surface area contributed by atoms with Gasteiger partial charge in [-0.05, 0) is 36.1 Å². The predicted octanol–water partition coefficient (Wildman–Crippen LogP) is 0.119. The number of tetrazole rings is 1. The maximum absolute atomic E-state index is 5.69. The normalized spacial score (nSPS) is 18.0. The third kappa shape index (κ3) is 2.32. The number of ether oxygens (including phenoxy) is 1. The smallest absolute Gasteiger partial charge is 0.180 e. The first-order valence-corrected chi connectivity index (χ1v) is 5.44. The van der Waals surface area contributed by atoms with Crippen molar-refractivity contribution in [1.29, 1.82) is 0 Å². The zero-order chi connectivity index (χ0) is 10.7. The zero-order valence-electron chi connectivity index (χ0n) is 8.96. The van der Waals surface area contributed by atoms with Crippen LogP contribution >= 0.6 is 0 Å². The molecule has 6 nitrogen and oxygen atoms in total. The number of aromatic nitrogens is 4. The van der Waals surface area contributed by atoms with Gasteiger partial charge in [0.05, 0.1) is 6.54 Å². The highest BCUT2D eigenvalue weighted by molar-refractivity contribution is 4.97. The lowest BCUT2D eigenvalue weighted by molar-refractivity contribution is 0.0366. The average molecular weight is 211 g/mol. The highest BCUT2D eigenvalue weighted by Gasteiger charge is 2.36. The van der Waals surface area contributed by atoms with Crippen molar-refractivity contribution in [1.82, 2.24) is 20.2 Å². The molecule has 1 aliphatic rings. The minimum absolute atomic E-state index is 0.0524. The number of nitrogens with zero attached hydrogens (tertiary/aromatic N) is 4. The molecule has 15 heavy (non-hydrogen) atoms. The number of hydrogen-bond donors (Lipinski definition) is 1. The van der Waals surface area contributed by atoms with E-state index in [0.29, 0.717) is 25.6 Å². The van der Waals surface area contributed by atoms with Crippen LogP contribution in [-0.4, -0.2) is 33.4 Å². The van der Waals surface area contributed by atoms with Crippen LogP contribution in [0.3, 0.4) is 0 Å². The first kappa shape index (κ1) is 10.5. The van der Waals surface area contributed by atoms with Crippen molar-refractivity contribution < 1.29 is 4.74 Å². The van der Waals surface area contributed by atoms with Crippen LogP contribution in [-0.2, 0) is 11.3 Å². The van der Waals surface area contributed by atoms with Gasteiger partial charge in [0.1, 0.15) is 6.10 Å². The van der Waals surface area contributed by atoms with Crippen LogP contribution in [0.1, 0.15) is 31.7 Å². The highest BCUT2D eigenvalue weighted by atomic mass is 16.5. The predicted molar refractivity (Wildman–Crippen MR) is 54.0 cm³/mol. The summed E-state index contributed by atoms with van der Waals surface area (Å²) in [6, 6.07) is 0. The van der Waals surface area contributed by atoms with Crippen LogP contribution in [0.15, 0.2) is 0 Å². The number of hydrogen-bond acceptors (Lipinski definition) is 5. The Labute approximate surface area is 88.8 Å². The van der Waals surface area contributed by atoms with E-state index in [2.05, 4.69) is 15.5 Å². The Morgan fingerprint density at radius 1 is 1.60 bits per heavy atom. The van der Waals surface area contributed by atoms with Crippen molar-refractivity contribution in [3.8, 4) is 0 Å². The van der Waals surface area contributed by atoms with E-state index in [1.165, 1.54) is 12.8 Å². The lowest BCUT2D eigenvalue weighted by Crippen LogP contribution is -2.18. The van der Waals surface area contributed by atoms with Crippen LogP contribution in [0.5, 0.6) is 0 Å². The third-order valence-electron chi connectivity index (χ3n) is 2.55. The third-order valence-corrected chi connectivity index (χ3v) is 2.55. The molecule has 6 heteroatoms. The Morgan fingerprint density at radius 3 is 3.00 bits per heavy atom. The molecule has 1 aromatic rings. The summed E-state index contributed by atoms with van der Waals surface area (Å²) in [4.78, 5) is 0. The van der Waals surface area contributed by atoms with E-state index in [-0.39, 0.29) is 6.10 Å². The van der Waals surface area contributed by atoms with Crippen molar-refractivity contribution in [2.75, 3.05) is 13.2 Å². The molecule has 1 aliphatic carbocycles. The second-order valence-electron chi connectivity index (χ2n) is 3.76. The topological polar surface area (TPSA) is 78.9 Å². The maximum Gasteiger partial charge on any atom is 0.180 e. The molecule has 0 saturated heterocycles. The van der Waals surface area contributed by atoms with E-state index in [9.17, 15) is 0 Å². The van der Waals surface area contributed by atoms with Crippen molar-refractivity contribution in [2.45, 2.75) is 32.4 Å². The van der Waals surface area contributed by atoms with E-state index in [0.717, 1.165) is 5.82 Å². The molecule has 1 heterocycles. The van der Waals surface area contributed by atoms with Crippen LogP contribution in [0.4, 0.5) is 0 Å². The molecule has 0 aliphatic heterocycles. The lowest BCUT2D eigenvalue weighted by Gasteiger charge is -2.15. The Hall–Kier alpha value is -1.01. The first-order valence-electron chi connectivity index (χ1n) is 5.44. The van der Waals surface area contributed by atoms with Gasteiger partial charge in [0.2, 0.25) is 0 Å². The second kappa shape index (κ2) is 4.67. The summed E-state index contributed by atoms with van der Waals surface area (Å²) in [6.45, 7) is 3.88. The molecule has 1 fully saturated rings. The van der Waals surface area contributed by atoms with E-state index in [1.807, 2.05) is 6.92 Å². The highest BCUT2D eigenvalue weighted by Crippen LogP contribution is 2.42.